The highest BCUT2D eigenvalue weighted by Crippen LogP contribution is 2.26. The molecule has 31 heavy (non-hydrogen) atoms. The summed E-state index contributed by atoms with van der Waals surface area (Å²) in [5.74, 6) is 2.14. The van der Waals surface area contributed by atoms with E-state index in [1.807, 2.05) is 36.1 Å². The largest absolute Gasteiger partial charge is 0.372 e. The molecule has 0 aliphatic carbocycles. The summed E-state index contributed by atoms with van der Waals surface area (Å²) < 4.78 is 7.70. The molecular weight excluding hydrogens is 390 g/mol. The standard InChI is InChI=1S/C23H25N7O/c1-15-13-30(14-16(2)31-15)23-25-9-7-21(28-23)27-22-11-18(6-8-24-22)17-4-5-20-19(10-17)12-26-29(20)3/h4-12,15-16H,13-14H2,1-3H3,(H,24,25,27,28)/t15-,16+. The second kappa shape index (κ2) is 7.96. The van der Waals surface area contributed by atoms with Crippen molar-refractivity contribution in [2.45, 2.75) is 26.1 Å². The number of morpholine rings is 1. The van der Waals surface area contributed by atoms with Crippen molar-refractivity contribution in [3.63, 3.8) is 0 Å². The third-order valence-electron chi connectivity index (χ3n) is 5.44. The number of hydrogen-bond donors (Lipinski definition) is 1. The predicted octanol–water partition coefficient (Wildman–Crippen LogP) is 3.78. The van der Waals surface area contributed by atoms with E-state index in [4.69, 9.17) is 9.72 Å². The Morgan fingerprint density at radius 3 is 2.55 bits per heavy atom. The van der Waals surface area contributed by atoms with Gasteiger partial charge in [0.15, 0.2) is 0 Å². The normalized spacial score (nSPS) is 19.0. The van der Waals surface area contributed by atoms with Gasteiger partial charge >= 0.3 is 0 Å². The molecule has 2 atom stereocenters. The maximum absolute atomic E-state index is 5.82. The number of pyridine rings is 1. The summed E-state index contributed by atoms with van der Waals surface area (Å²) in [6, 6.07) is 12.2. The number of benzene rings is 1. The molecule has 1 aromatic carbocycles. The van der Waals surface area contributed by atoms with Crippen LogP contribution in [0.5, 0.6) is 0 Å². The zero-order valence-electron chi connectivity index (χ0n) is 17.9. The number of ether oxygens (including phenoxy) is 1. The number of aryl methyl sites for hydroxylation is 1. The Morgan fingerprint density at radius 2 is 1.71 bits per heavy atom. The fourth-order valence-corrected chi connectivity index (χ4v) is 4.06. The molecule has 8 nitrogen and oxygen atoms in total. The smallest absolute Gasteiger partial charge is 0.227 e. The maximum atomic E-state index is 5.82. The number of anilines is 3. The third kappa shape index (κ3) is 4.06. The van der Waals surface area contributed by atoms with E-state index in [-0.39, 0.29) is 12.2 Å². The van der Waals surface area contributed by atoms with Crippen molar-refractivity contribution in [3.8, 4) is 11.1 Å². The average Bonchev–Trinajstić information content (AvgIpc) is 3.14. The third-order valence-corrected chi connectivity index (χ3v) is 5.44. The molecule has 1 aliphatic rings. The fraction of sp³-hybridized carbons (Fsp3) is 0.304. The summed E-state index contributed by atoms with van der Waals surface area (Å²) in [5.41, 5.74) is 3.30. The molecule has 5 rings (SSSR count). The molecule has 3 aromatic heterocycles. The lowest BCUT2D eigenvalue weighted by Crippen LogP contribution is -2.46. The van der Waals surface area contributed by atoms with Gasteiger partial charge < -0.3 is 15.0 Å². The SMILES string of the molecule is C[C@@H]1CN(c2nccc(Nc3cc(-c4ccc5c(cnn5C)c4)ccn3)n2)C[C@H](C)O1. The molecule has 4 heterocycles. The van der Waals surface area contributed by atoms with Crippen molar-refractivity contribution in [1.29, 1.82) is 0 Å². The van der Waals surface area contributed by atoms with Gasteiger partial charge in [0.1, 0.15) is 11.6 Å². The molecule has 4 aromatic rings. The molecule has 0 bridgehead atoms. The van der Waals surface area contributed by atoms with E-state index >= 15 is 0 Å². The summed E-state index contributed by atoms with van der Waals surface area (Å²) in [7, 11) is 1.95. The van der Waals surface area contributed by atoms with Crippen LogP contribution in [0, 0.1) is 0 Å². The second-order valence-electron chi connectivity index (χ2n) is 8.00. The molecule has 0 saturated carbocycles. The van der Waals surface area contributed by atoms with Crippen molar-refractivity contribution in [3.05, 3.63) is 55.0 Å². The highest BCUT2D eigenvalue weighted by atomic mass is 16.5. The van der Waals surface area contributed by atoms with Gasteiger partial charge in [-0.25, -0.2) is 9.97 Å². The quantitative estimate of drug-likeness (QED) is 0.543. The first-order valence-corrected chi connectivity index (χ1v) is 10.4. The highest BCUT2D eigenvalue weighted by Gasteiger charge is 2.24. The van der Waals surface area contributed by atoms with E-state index < -0.39 is 0 Å². The van der Waals surface area contributed by atoms with Crippen LogP contribution in [0.2, 0.25) is 0 Å². The zero-order chi connectivity index (χ0) is 21.4. The Balaban J connectivity index is 1.38. The average molecular weight is 416 g/mol. The van der Waals surface area contributed by atoms with E-state index in [0.717, 1.165) is 40.9 Å². The van der Waals surface area contributed by atoms with Crippen LogP contribution in [-0.4, -0.2) is 50.0 Å². The van der Waals surface area contributed by atoms with Crippen molar-refractivity contribution in [2.75, 3.05) is 23.3 Å². The van der Waals surface area contributed by atoms with Crippen molar-refractivity contribution in [1.82, 2.24) is 24.7 Å². The first-order chi connectivity index (χ1) is 15.0. The molecule has 0 unspecified atom stereocenters. The van der Waals surface area contributed by atoms with E-state index in [0.29, 0.717) is 11.8 Å². The minimum absolute atomic E-state index is 0.152. The summed E-state index contributed by atoms with van der Waals surface area (Å²) in [5, 5.41) is 8.76. The van der Waals surface area contributed by atoms with Crippen LogP contribution in [0.1, 0.15) is 13.8 Å². The zero-order valence-corrected chi connectivity index (χ0v) is 17.9. The van der Waals surface area contributed by atoms with Crippen LogP contribution in [0.3, 0.4) is 0 Å². The summed E-state index contributed by atoms with van der Waals surface area (Å²) >= 11 is 0. The first-order valence-electron chi connectivity index (χ1n) is 10.4. The minimum atomic E-state index is 0.152. The van der Waals surface area contributed by atoms with Gasteiger partial charge in [0.25, 0.3) is 0 Å². The van der Waals surface area contributed by atoms with Gasteiger partial charge in [-0.2, -0.15) is 10.1 Å². The Morgan fingerprint density at radius 1 is 0.935 bits per heavy atom. The van der Waals surface area contributed by atoms with Gasteiger partial charge in [-0.1, -0.05) is 6.07 Å². The summed E-state index contributed by atoms with van der Waals surface area (Å²) in [4.78, 5) is 15.8. The summed E-state index contributed by atoms with van der Waals surface area (Å²) in [6.07, 6.45) is 5.77. The van der Waals surface area contributed by atoms with Crippen molar-refractivity contribution < 1.29 is 4.74 Å². The lowest BCUT2D eigenvalue weighted by molar-refractivity contribution is -0.00571. The number of nitrogens with zero attached hydrogens (tertiary/aromatic N) is 6. The number of aromatic nitrogens is 5. The molecule has 8 heteroatoms. The topological polar surface area (TPSA) is 81.0 Å². The van der Waals surface area contributed by atoms with E-state index in [1.54, 1.807) is 12.4 Å². The van der Waals surface area contributed by atoms with Crippen LogP contribution in [0.25, 0.3) is 22.0 Å². The minimum Gasteiger partial charge on any atom is -0.372 e. The Hall–Kier alpha value is -3.52. The molecule has 158 valence electrons. The van der Waals surface area contributed by atoms with E-state index in [1.165, 1.54) is 0 Å². The second-order valence-corrected chi connectivity index (χ2v) is 8.00. The van der Waals surface area contributed by atoms with Crippen LogP contribution in [0.15, 0.2) is 55.0 Å². The van der Waals surface area contributed by atoms with E-state index in [9.17, 15) is 0 Å². The van der Waals surface area contributed by atoms with Gasteiger partial charge in [0, 0.05) is 37.9 Å². The van der Waals surface area contributed by atoms with Gasteiger partial charge in [-0.05, 0) is 55.3 Å². The van der Waals surface area contributed by atoms with Crippen LogP contribution >= 0.6 is 0 Å². The molecular formula is C23H25N7O. The lowest BCUT2D eigenvalue weighted by atomic mass is 10.1. The van der Waals surface area contributed by atoms with Crippen LogP contribution in [-0.2, 0) is 11.8 Å². The molecule has 1 N–H and O–H groups in total. The maximum Gasteiger partial charge on any atom is 0.227 e. The van der Waals surface area contributed by atoms with Gasteiger partial charge in [0.2, 0.25) is 5.95 Å². The van der Waals surface area contributed by atoms with E-state index in [2.05, 4.69) is 57.3 Å². The Labute approximate surface area is 180 Å². The predicted molar refractivity (Wildman–Crippen MR) is 121 cm³/mol. The molecule has 1 saturated heterocycles. The number of rotatable bonds is 4. The number of nitrogens with one attached hydrogen (secondary N) is 1. The first kappa shape index (κ1) is 19.4. The number of fused-ring (bicyclic) bond motifs is 1. The fourth-order valence-electron chi connectivity index (χ4n) is 4.06. The van der Waals surface area contributed by atoms with Crippen molar-refractivity contribution in [2.24, 2.45) is 7.05 Å². The number of hydrogen-bond acceptors (Lipinski definition) is 7. The molecule has 1 aliphatic heterocycles. The Bertz CT molecular complexity index is 1210. The van der Waals surface area contributed by atoms with Gasteiger partial charge in [-0.3, -0.25) is 4.68 Å². The van der Waals surface area contributed by atoms with Crippen LogP contribution < -0.4 is 10.2 Å². The molecule has 0 spiro atoms. The monoisotopic (exact) mass is 415 g/mol. The van der Waals surface area contributed by atoms with Crippen molar-refractivity contribution >= 4 is 28.5 Å². The molecule has 0 amide bonds. The Kier molecular flexibility index (Phi) is 4.99. The highest BCUT2D eigenvalue weighted by molar-refractivity contribution is 5.85. The molecule has 1 fully saturated rings. The summed E-state index contributed by atoms with van der Waals surface area (Å²) in [6.45, 7) is 5.70. The van der Waals surface area contributed by atoms with Gasteiger partial charge in [-0.15, -0.1) is 0 Å². The molecule has 0 radical (unpaired) electrons. The van der Waals surface area contributed by atoms with Crippen LogP contribution in [0.4, 0.5) is 17.6 Å². The lowest BCUT2D eigenvalue weighted by Gasteiger charge is -2.35. The van der Waals surface area contributed by atoms with Gasteiger partial charge in [0.05, 0.1) is 23.9 Å².